The Labute approximate surface area is 242 Å². The first kappa shape index (κ1) is 29.0. The van der Waals surface area contributed by atoms with Gasteiger partial charge in [-0.2, -0.15) is 10.1 Å². The van der Waals surface area contributed by atoms with Gasteiger partial charge in [0.15, 0.2) is 0 Å². The van der Waals surface area contributed by atoms with E-state index in [0.717, 1.165) is 25.8 Å². The first-order chi connectivity index (χ1) is 20.2. The minimum Gasteiger partial charge on any atom is -0.494 e. The molecule has 14 heteroatoms. The van der Waals surface area contributed by atoms with Crippen molar-refractivity contribution in [3.8, 4) is 17.0 Å². The number of rotatable bonds is 10. The van der Waals surface area contributed by atoms with Crippen molar-refractivity contribution in [3.63, 3.8) is 0 Å². The molecule has 1 saturated heterocycles. The Morgan fingerprint density at radius 2 is 2.02 bits per heavy atom. The van der Waals surface area contributed by atoms with Crippen molar-refractivity contribution >= 4 is 34.0 Å². The Morgan fingerprint density at radius 3 is 2.71 bits per heavy atom. The molecule has 1 aliphatic heterocycles. The SMILES string of the molecule is COc1cc(N(C)CCN(C)C)c([N+](=O)[O-])cc1Nc1ncc2cc(-c3ccn(C4CCCCO4)n3)c(=O)n(C)c2n1. The van der Waals surface area contributed by atoms with Gasteiger partial charge in [-0.05, 0) is 45.5 Å². The molecule has 222 valence electrons. The van der Waals surface area contributed by atoms with Crippen LogP contribution in [-0.2, 0) is 11.8 Å². The molecule has 1 atom stereocenters. The van der Waals surface area contributed by atoms with E-state index in [0.29, 0.717) is 52.6 Å². The van der Waals surface area contributed by atoms with Gasteiger partial charge in [-0.3, -0.25) is 19.5 Å². The summed E-state index contributed by atoms with van der Waals surface area (Å²) < 4.78 is 14.6. The van der Waals surface area contributed by atoms with Crippen LogP contribution in [0.5, 0.6) is 5.75 Å². The summed E-state index contributed by atoms with van der Waals surface area (Å²) in [6, 6.07) is 6.55. The van der Waals surface area contributed by atoms with E-state index < -0.39 is 4.92 Å². The summed E-state index contributed by atoms with van der Waals surface area (Å²) in [5, 5.41) is 20.3. The van der Waals surface area contributed by atoms with Crippen LogP contribution in [0.3, 0.4) is 0 Å². The number of aromatic nitrogens is 5. The van der Waals surface area contributed by atoms with Gasteiger partial charge >= 0.3 is 0 Å². The van der Waals surface area contributed by atoms with Crippen LogP contribution in [0.25, 0.3) is 22.3 Å². The largest absolute Gasteiger partial charge is 0.494 e. The van der Waals surface area contributed by atoms with Gasteiger partial charge in [-0.1, -0.05) is 0 Å². The zero-order valence-electron chi connectivity index (χ0n) is 24.4. The molecule has 14 nitrogen and oxygen atoms in total. The van der Waals surface area contributed by atoms with Crippen molar-refractivity contribution in [2.45, 2.75) is 25.5 Å². The summed E-state index contributed by atoms with van der Waals surface area (Å²) in [4.78, 5) is 37.7. The van der Waals surface area contributed by atoms with E-state index in [1.165, 1.54) is 17.7 Å². The van der Waals surface area contributed by atoms with Gasteiger partial charge in [0, 0.05) is 63.7 Å². The Hall–Kier alpha value is -4.56. The zero-order chi connectivity index (χ0) is 30.0. The number of hydrogen-bond acceptors (Lipinski definition) is 11. The molecule has 1 aromatic carbocycles. The van der Waals surface area contributed by atoms with E-state index in [-0.39, 0.29) is 23.4 Å². The number of anilines is 3. The van der Waals surface area contributed by atoms with Crippen molar-refractivity contribution in [2.24, 2.45) is 7.05 Å². The minimum atomic E-state index is -0.430. The number of nitro groups is 1. The molecular formula is C28H35N9O5. The van der Waals surface area contributed by atoms with Crippen molar-refractivity contribution in [1.29, 1.82) is 0 Å². The van der Waals surface area contributed by atoms with Crippen molar-refractivity contribution in [2.75, 3.05) is 58.2 Å². The quantitative estimate of drug-likeness (QED) is 0.218. The van der Waals surface area contributed by atoms with E-state index >= 15 is 0 Å². The average Bonchev–Trinajstić information content (AvgIpc) is 3.48. The zero-order valence-corrected chi connectivity index (χ0v) is 24.4. The van der Waals surface area contributed by atoms with Crippen molar-refractivity contribution < 1.29 is 14.4 Å². The second-order valence-corrected chi connectivity index (χ2v) is 10.5. The molecule has 0 aliphatic carbocycles. The fourth-order valence-electron chi connectivity index (χ4n) is 4.93. The molecule has 5 rings (SSSR count). The van der Waals surface area contributed by atoms with Crippen LogP contribution >= 0.6 is 0 Å². The molecular weight excluding hydrogens is 542 g/mol. The second kappa shape index (κ2) is 12.1. The lowest BCUT2D eigenvalue weighted by atomic mass is 10.1. The van der Waals surface area contributed by atoms with E-state index in [2.05, 4.69) is 20.4 Å². The fourth-order valence-corrected chi connectivity index (χ4v) is 4.93. The lowest BCUT2D eigenvalue weighted by Gasteiger charge is -2.22. The molecule has 42 heavy (non-hydrogen) atoms. The monoisotopic (exact) mass is 577 g/mol. The first-order valence-corrected chi connectivity index (χ1v) is 13.7. The number of likely N-dealkylation sites (N-methyl/N-ethyl adjacent to an activating group) is 2. The molecule has 0 amide bonds. The lowest BCUT2D eigenvalue weighted by Crippen LogP contribution is -2.29. The molecule has 1 unspecified atom stereocenters. The van der Waals surface area contributed by atoms with Crippen molar-refractivity contribution in [1.82, 2.24) is 29.2 Å². The van der Waals surface area contributed by atoms with Crippen molar-refractivity contribution in [3.05, 3.63) is 57.1 Å². The predicted molar refractivity (Wildman–Crippen MR) is 160 cm³/mol. The molecule has 0 bridgehead atoms. The van der Waals surface area contributed by atoms with Crippen LogP contribution in [0, 0.1) is 10.1 Å². The van der Waals surface area contributed by atoms with E-state index in [4.69, 9.17) is 9.47 Å². The highest BCUT2D eigenvalue weighted by atomic mass is 16.6. The van der Waals surface area contributed by atoms with Gasteiger partial charge in [-0.15, -0.1) is 0 Å². The number of methoxy groups -OCH3 is 1. The summed E-state index contributed by atoms with van der Waals surface area (Å²) in [5.74, 6) is 0.544. The van der Waals surface area contributed by atoms with E-state index in [1.807, 2.05) is 30.1 Å². The summed E-state index contributed by atoms with van der Waals surface area (Å²) in [6.07, 6.45) is 6.28. The first-order valence-electron chi connectivity index (χ1n) is 13.7. The van der Waals surface area contributed by atoms with Gasteiger partial charge in [0.25, 0.3) is 11.2 Å². The van der Waals surface area contributed by atoms with Crippen LogP contribution in [0.15, 0.2) is 41.5 Å². The number of benzene rings is 1. The lowest BCUT2D eigenvalue weighted by molar-refractivity contribution is -0.384. The Balaban J connectivity index is 1.46. The highest BCUT2D eigenvalue weighted by Gasteiger charge is 2.23. The van der Waals surface area contributed by atoms with Crippen LogP contribution in [-0.4, -0.2) is 82.1 Å². The Morgan fingerprint density at radius 1 is 1.21 bits per heavy atom. The highest BCUT2D eigenvalue weighted by Crippen LogP contribution is 2.39. The molecule has 0 spiro atoms. The van der Waals surface area contributed by atoms with Crippen LogP contribution in [0.2, 0.25) is 0 Å². The maximum absolute atomic E-state index is 13.4. The van der Waals surface area contributed by atoms with Crippen LogP contribution < -0.4 is 20.5 Å². The Kier molecular flexibility index (Phi) is 8.36. The number of aryl methyl sites for hydroxylation is 1. The van der Waals surface area contributed by atoms with Crippen LogP contribution in [0.1, 0.15) is 25.5 Å². The summed E-state index contributed by atoms with van der Waals surface area (Å²) in [6.45, 7) is 2.00. The number of ether oxygens (including phenoxy) is 2. The number of hydrogen-bond donors (Lipinski definition) is 1. The summed E-state index contributed by atoms with van der Waals surface area (Å²) >= 11 is 0. The third-order valence-corrected chi connectivity index (χ3v) is 7.32. The average molecular weight is 578 g/mol. The van der Waals surface area contributed by atoms with Gasteiger partial charge in [0.2, 0.25) is 5.95 Å². The third kappa shape index (κ3) is 5.90. The molecule has 1 fully saturated rings. The maximum atomic E-state index is 13.4. The number of nitrogens with zero attached hydrogens (tertiary/aromatic N) is 8. The van der Waals surface area contributed by atoms with Gasteiger partial charge in [0.1, 0.15) is 23.3 Å². The van der Waals surface area contributed by atoms with E-state index in [1.54, 1.807) is 43.2 Å². The fraction of sp³-hybridized carbons (Fsp3) is 0.429. The molecule has 3 aromatic heterocycles. The number of fused-ring (bicyclic) bond motifs is 1. The molecule has 1 aliphatic rings. The molecule has 0 radical (unpaired) electrons. The highest BCUT2D eigenvalue weighted by molar-refractivity contribution is 5.82. The number of nitrogens with one attached hydrogen (secondary N) is 1. The standard InChI is InChI=1S/C28H35N9O5/c1-33(2)11-12-34(3)22-16-24(41-5)21(15-23(22)37(39)40)30-28-29-17-18-14-19(27(38)35(4)26(18)31-28)20-9-10-36(32-20)25-8-6-7-13-42-25/h9-10,14-17,25H,6-8,11-13H2,1-5H3,(H,29,30,31). The molecule has 4 aromatic rings. The Bertz CT molecular complexity index is 1660. The third-order valence-electron chi connectivity index (χ3n) is 7.32. The van der Waals surface area contributed by atoms with Gasteiger partial charge in [0.05, 0.1) is 29.0 Å². The maximum Gasteiger partial charge on any atom is 0.294 e. The smallest absolute Gasteiger partial charge is 0.294 e. The topological polar surface area (TPSA) is 146 Å². The normalized spacial score (nSPS) is 15.2. The summed E-state index contributed by atoms with van der Waals surface area (Å²) in [7, 11) is 8.81. The predicted octanol–water partition coefficient (Wildman–Crippen LogP) is 3.55. The molecule has 0 saturated carbocycles. The minimum absolute atomic E-state index is 0.0875. The van der Waals surface area contributed by atoms with Gasteiger partial charge < -0.3 is 24.6 Å². The van der Waals surface area contributed by atoms with Crippen LogP contribution in [0.4, 0.5) is 23.0 Å². The second-order valence-electron chi connectivity index (χ2n) is 10.5. The van der Waals surface area contributed by atoms with E-state index in [9.17, 15) is 14.9 Å². The molecule has 1 N–H and O–H groups in total. The number of nitro benzene ring substituents is 1. The molecule has 4 heterocycles. The summed E-state index contributed by atoms with van der Waals surface area (Å²) in [5.41, 5.74) is 1.76. The van der Waals surface area contributed by atoms with Gasteiger partial charge in [-0.25, -0.2) is 9.67 Å². The number of pyridine rings is 1.